The summed E-state index contributed by atoms with van der Waals surface area (Å²) in [5, 5.41) is 27.4. The molecule has 2 aromatic rings. The maximum absolute atomic E-state index is 11.6. The van der Waals surface area contributed by atoms with Crippen LogP contribution in [0.1, 0.15) is 5.56 Å². The van der Waals surface area contributed by atoms with Crippen LogP contribution in [0.25, 0.3) is 0 Å². The lowest BCUT2D eigenvalue weighted by Gasteiger charge is -2.03. The Balaban J connectivity index is 1.91. The number of aromatic hydroxyl groups is 1. The van der Waals surface area contributed by atoms with Gasteiger partial charge in [-0.05, 0) is 23.8 Å². The number of phenols is 1. The summed E-state index contributed by atoms with van der Waals surface area (Å²) in [7, 11) is 1.42. The van der Waals surface area contributed by atoms with E-state index in [4.69, 9.17) is 4.74 Å². The Labute approximate surface area is 130 Å². The molecule has 0 aliphatic rings. The molecule has 1 aromatic carbocycles. The van der Waals surface area contributed by atoms with Crippen molar-refractivity contribution in [1.82, 2.24) is 15.2 Å². The van der Waals surface area contributed by atoms with Gasteiger partial charge in [0.05, 0.1) is 18.2 Å². The molecule has 0 saturated heterocycles. The Morgan fingerprint density at radius 1 is 1.61 bits per heavy atom. The number of aromatic nitrogens is 2. The van der Waals surface area contributed by atoms with Crippen molar-refractivity contribution < 1.29 is 19.6 Å². The van der Waals surface area contributed by atoms with E-state index in [9.17, 15) is 20.0 Å². The van der Waals surface area contributed by atoms with Gasteiger partial charge in [-0.15, -0.1) is 0 Å². The van der Waals surface area contributed by atoms with Crippen LogP contribution in [0.2, 0.25) is 0 Å². The minimum atomic E-state index is -0.599. The highest BCUT2D eigenvalue weighted by Gasteiger charge is 2.10. The van der Waals surface area contributed by atoms with Crippen LogP contribution in [0, 0.1) is 10.1 Å². The summed E-state index contributed by atoms with van der Waals surface area (Å²) in [6.07, 6.45) is 3.57. The van der Waals surface area contributed by atoms with E-state index in [0.717, 1.165) is 17.1 Å². The van der Waals surface area contributed by atoms with Crippen molar-refractivity contribution in [3.8, 4) is 11.5 Å². The summed E-state index contributed by atoms with van der Waals surface area (Å²) >= 11 is 0. The zero-order valence-corrected chi connectivity index (χ0v) is 12.0. The lowest BCUT2D eigenvalue weighted by molar-refractivity contribution is -0.385. The van der Waals surface area contributed by atoms with Gasteiger partial charge in [0.25, 0.3) is 5.91 Å². The van der Waals surface area contributed by atoms with Gasteiger partial charge < -0.3 is 9.84 Å². The number of phenolic OH excluding ortho intramolecular Hbond substituents is 1. The molecular formula is C13H13N5O5. The highest BCUT2D eigenvalue weighted by atomic mass is 16.6. The first-order valence-corrected chi connectivity index (χ1v) is 6.35. The third kappa shape index (κ3) is 4.27. The molecule has 0 atom stereocenters. The Hall–Kier alpha value is -3.43. The fourth-order valence-corrected chi connectivity index (χ4v) is 1.67. The van der Waals surface area contributed by atoms with Crippen LogP contribution in [0.15, 0.2) is 35.7 Å². The first kappa shape index (κ1) is 15.9. The molecule has 0 spiro atoms. The van der Waals surface area contributed by atoms with Crippen LogP contribution in [-0.2, 0) is 11.3 Å². The van der Waals surface area contributed by atoms with E-state index in [2.05, 4.69) is 15.6 Å². The van der Waals surface area contributed by atoms with Gasteiger partial charge in [0.15, 0.2) is 11.5 Å². The van der Waals surface area contributed by atoms with Gasteiger partial charge in [0, 0.05) is 0 Å². The van der Waals surface area contributed by atoms with Crippen molar-refractivity contribution in [3.05, 3.63) is 46.3 Å². The predicted molar refractivity (Wildman–Crippen MR) is 79.3 cm³/mol. The van der Waals surface area contributed by atoms with E-state index in [1.54, 1.807) is 12.1 Å². The number of hydrogen-bond acceptors (Lipinski definition) is 7. The van der Waals surface area contributed by atoms with Gasteiger partial charge in [-0.1, -0.05) is 0 Å². The van der Waals surface area contributed by atoms with E-state index in [1.165, 1.54) is 19.4 Å². The van der Waals surface area contributed by atoms with E-state index >= 15 is 0 Å². The number of nitro groups is 1. The smallest absolute Gasteiger partial charge is 0.307 e. The number of amides is 1. The van der Waals surface area contributed by atoms with Crippen molar-refractivity contribution >= 4 is 17.8 Å². The van der Waals surface area contributed by atoms with Crippen LogP contribution in [0.5, 0.6) is 11.5 Å². The Morgan fingerprint density at radius 2 is 2.39 bits per heavy atom. The maximum Gasteiger partial charge on any atom is 0.307 e. The minimum Gasteiger partial charge on any atom is -0.504 e. The Kier molecular flexibility index (Phi) is 4.87. The van der Waals surface area contributed by atoms with Crippen LogP contribution < -0.4 is 10.2 Å². The number of hydrazone groups is 1. The largest absolute Gasteiger partial charge is 0.504 e. The molecule has 1 heterocycles. The molecule has 0 unspecified atom stereocenters. The molecule has 0 fully saturated rings. The molecule has 2 N–H and O–H groups in total. The summed E-state index contributed by atoms with van der Waals surface area (Å²) < 4.78 is 6.08. The predicted octanol–water partition coefficient (Wildman–Crippen LogP) is 0.656. The SMILES string of the molecule is COc1cc(/C=N/NC(=O)Cn2cc([N+](=O)[O-])cn2)ccc1O. The number of benzene rings is 1. The Morgan fingerprint density at radius 3 is 3.04 bits per heavy atom. The number of carbonyl (C=O) groups is 1. The van der Waals surface area contributed by atoms with Gasteiger partial charge in [0.1, 0.15) is 18.9 Å². The van der Waals surface area contributed by atoms with Crippen molar-refractivity contribution in [2.24, 2.45) is 5.10 Å². The molecule has 1 aromatic heterocycles. The summed E-state index contributed by atoms with van der Waals surface area (Å²) in [5.41, 5.74) is 2.68. The van der Waals surface area contributed by atoms with Crippen molar-refractivity contribution in [1.29, 1.82) is 0 Å². The second-order valence-electron chi connectivity index (χ2n) is 4.38. The third-order valence-corrected chi connectivity index (χ3v) is 2.74. The lowest BCUT2D eigenvalue weighted by atomic mass is 10.2. The van der Waals surface area contributed by atoms with E-state index in [-0.39, 0.29) is 23.7 Å². The molecule has 2 rings (SSSR count). The Bertz CT molecular complexity index is 755. The lowest BCUT2D eigenvalue weighted by Crippen LogP contribution is -2.23. The average molecular weight is 319 g/mol. The molecule has 0 saturated carbocycles. The van der Waals surface area contributed by atoms with Gasteiger partial charge in [-0.25, -0.2) is 5.43 Å². The van der Waals surface area contributed by atoms with Crippen LogP contribution >= 0.6 is 0 Å². The van der Waals surface area contributed by atoms with Crippen LogP contribution in [0.4, 0.5) is 5.69 Å². The second-order valence-corrected chi connectivity index (χ2v) is 4.38. The maximum atomic E-state index is 11.6. The van der Waals surface area contributed by atoms with Crippen molar-refractivity contribution in [2.75, 3.05) is 7.11 Å². The number of nitrogens with one attached hydrogen (secondary N) is 1. The molecule has 23 heavy (non-hydrogen) atoms. The van der Waals surface area contributed by atoms with Gasteiger partial charge in [-0.3, -0.25) is 19.6 Å². The minimum absolute atomic E-state index is 0.00559. The standard InChI is InChI=1S/C13H13N5O5/c1-23-12-4-9(2-3-11(12)19)5-14-16-13(20)8-17-7-10(6-15-17)18(21)22/h2-7,19H,8H2,1H3,(H,16,20)/b14-5+. The fourth-order valence-electron chi connectivity index (χ4n) is 1.67. The molecule has 1 amide bonds. The summed E-state index contributed by atoms with van der Waals surface area (Å²) in [4.78, 5) is 21.5. The number of nitrogens with zero attached hydrogens (tertiary/aromatic N) is 4. The molecule has 0 radical (unpaired) electrons. The number of carbonyl (C=O) groups excluding carboxylic acids is 1. The number of rotatable bonds is 6. The zero-order chi connectivity index (χ0) is 16.8. The zero-order valence-electron chi connectivity index (χ0n) is 12.0. The van der Waals surface area contributed by atoms with Crippen molar-refractivity contribution in [3.63, 3.8) is 0 Å². The molecular weight excluding hydrogens is 306 g/mol. The molecule has 0 aliphatic heterocycles. The summed E-state index contributed by atoms with van der Waals surface area (Å²) in [6.45, 7) is -0.204. The monoisotopic (exact) mass is 319 g/mol. The molecule has 0 bridgehead atoms. The van der Waals surface area contributed by atoms with E-state index in [0.29, 0.717) is 5.56 Å². The highest BCUT2D eigenvalue weighted by Crippen LogP contribution is 2.25. The topological polar surface area (TPSA) is 132 Å². The van der Waals surface area contributed by atoms with Crippen LogP contribution in [-0.4, -0.2) is 39.0 Å². The van der Waals surface area contributed by atoms with Gasteiger partial charge in [0.2, 0.25) is 0 Å². The first-order valence-electron chi connectivity index (χ1n) is 6.35. The number of hydrogen-bond donors (Lipinski definition) is 2. The van der Waals surface area contributed by atoms with Gasteiger partial charge >= 0.3 is 5.69 Å². The van der Waals surface area contributed by atoms with E-state index in [1.807, 2.05) is 0 Å². The first-order chi connectivity index (χ1) is 11.0. The molecule has 10 nitrogen and oxygen atoms in total. The fraction of sp³-hybridized carbons (Fsp3) is 0.154. The highest BCUT2D eigenvalue weighted by molar-refractivity contribution is 5.83. The molecule has 120 valence electrons. The number of methoxy groups -OCH3 is 1. The third-order valence-electron chi connectivity index (χ3n) is 2.74. The van der Waals surface area contributed by atoms with Crippen LogP contribution in [0.3, 0.4) is 0 Å². The van der Waals surface area contributed by atoms with E-state index < -0.39 is 10.8 Å². The molecule has 0 aliphatic carbocycles. The summed E-state index contributed by atoms with van der Waals surface area (Å²) in [6, 6.07) is 4.57. The van der Waals surface area contributed by atoms with Gasteiger partial charge in [-0.2, -0.15) is 10.2 Å². The second kappa shape index (κ2) is 7.02. The number of ether oxygens (including phenoxy) is 1. The summed E-state index contributed by atoms with van der Waals surface area (Å²) in [5.74, 6) is -0.219. The average Bonchev–Trinajstić information content (AvgIpc) is 2.97. The normalized spacial score (nSPS) is 10.7. The quantitative estimate of drug-likeness (QED) is 0.456. The molecule has 10 heteroatoms. The van der Waals surface area contributed by atoms with Crippen molar-refractivity contribution in [2.45, 2.75) is 6.54 Å².